The highest BCUT2D eigenvalue weighted by Crippen LogP contribution is 2.19. The molecule has 0 aromatic heterocycles. The standard InChI is InChI=1S/C17H27N3O2/c1-17(2,3)22-16(21)20-9-5-8-19(10-11-20)15-7-4-6-14(12-15)13-18/h4,6-7,12H,5,8-11,13,18H2,1-3H3. The average Bonchev–Trinajstić information content (AvgIpc) is 2.71. The lowest BCUT2D eigenvalue weighted by Crippen LogP contribution is -2.39. The second kappa shape index (κ2) is 7.01. The summed E-state index contributed by atoms with van der Waals surface area (Å²) in [6, 6.07) is 8.30. The van der Waals surface area contributed by atoms with Crippen LogP contribution in [0.4, 0.5) is 10.5 Å². The van der Waals surface area contributed by atoms with E-state index in [1.54, 1.807) is 4.90 Å². The minimum atomic E-state index is -0.446. The molecule has 2 rings (SSSR count). The predicted molar refractivity (Wildman–Crippen MR) is 89.0 cm³/mol. The Hall–Kier alpha value is -1.75. The molecule has 0 saturated carbocycles. The predicted octanol–water partition coefficient (Wildman–Crippen LogP) is 2.59. The van der Waals surface area contributed by atoms with E-state index in [2.05, 4.69) is 17.0 Å². The molecule has 1 heterocycles. The first-order valence-corrected chi connectivity index (χ1v) is 7.91. The Bertz CT molecular complexity index is 511. The average molecular weight is 305 g/mol. The third-order valence-corrected chi connectivity index (χ3v) is 3.66. The smallest absolute Gasteiger partial charge is 0.410 e. The zero-order valence-corrected chi connectivity index (χ0v) is 13.8. The van der Waals surface area contributed by atoms with Gasteiger partial charge in [-0.25, -0.2) is 4.79 Å². The fourth-order valence-corrected chi connectivity index (χ4v) is 2.56. The van der Waals surface area contributed by atoms with E-state index in [0.717, 1.165) is 31.6 Å². The molecule has 1 fully saturated rings. The minimum absolute atomic E-state index is 0.218. The Morgan fingerprint density at radius 3 is 2.68 bits per heavy atom. The van der Waals surface area contributed by atoms with E-state index in [9.17, 15) is 4.79 Å². The summed E-state index contributed by atoms with van der Waals surface area (Å²) in [5.74, 6) is 0. The maximum atomic E-state index is 12.2. The molecule has 0 aliphatic carbocycles. The van der Waals surface area contributed by atoms with Crippen LogP contribution in [0.25, 0.3) is 0 Å². The lowest BCUT2D eigenvalue weighted by molar-refractivity contribution is 0.0263. The maximum Gasteiger partial charge on any atom is 0.410 e. The first-order valence-electron chi connectivity index (χ1n) is 7.91. The Labute approximate surface area is 133 Å². The third kappa shape index (κ3) is 4.63. The molecule has 1 amide bonds. The minimum Gasteiger partial charge on any atom is -0.444 e. The van der Waals surface area contributed by atoms with E-state index in [1.807, 2.05) is 32.9 Å². The van der Waals surface area contributed by atoms with Gasteiger partial charge < -0.3 is 20.3 Å². The van der Waals surface area contributed by atoms with Crippen molar-refractivity contribution in [2.75, 3.05) is 31.1 Å². The van der Waals surface area contributed by atoms with Crippen molar-refractivity contribution in [3.8, 4) is 0 Å². The van der Waals surface area contributed by atoms with Gasteiger partial charge in [0.25, 0.3) is 0 Å². The SMILES string of the molecule is CC(C)(C)OC(=O)N1CCCN(c2cccc(CN)c2)CC1. The molecular weight excluding hydrogens is 278 g/mol. The number of benzene rings is 1. The van der Waals surface area contributed by atoms with Crippen LogP contribution in [0.5, 0.6) is 0 Å². The molecule has 122 valence electrons. The number of rotatable bonds is 2. The van der Waals surface area contributed by atoms with E-state index in [4.69, 9.17) is 10.5 Å². The van der Waals surface area contributed by atoms with E-state index in [1.165, 1.54) is 5.69 Å². The molecular formula is C17H27N3O2. The number of carbonyl (C=O) groups is 1. The van der Waals surface area contributed by atoms with Gasteiger partial charge in [0.1, 0.15) is 5.60 Å². The second-order valence-electron chi connectivity index (χ2n) is 6.68. The molecule has 0 radical (unpaired) electrons. The largest absolute Gasteiger partial charge is 0.444 e. The zero-order chi connectivity index (χ0) is 16.2. The molecule has 5 nitrogen and oxygen atoms in total. The molecule has 1 aromatic rings. The number of carbonyl (C=O) groups excluding carboxylic acids is 1. The quantitative estimate of drug-likeness (QED) is 0.912. The Morgan fingerprint density at radius 2 is 2.00 bits per heavy atom. The van der Waals surface area contributed by atoms with Crippen LogP contribution in [0.2, 0.25) is 0 Å². The number of amides is 1. The van der Waals surface area contributed by atoms with Gasteiger partial charge in [-0.1, -0.05) is 12.1 Å². The lowest BCUT2D eigenvalue weighted by Gasteiger charge is -2.27. The van der Waals surface area contributed by atoms with Crippen molar-refractivity contribution in [3.05, 3.63) is 29.8 Å². The van der Waals surface area contributed by atoms with Crippen LogP contribution in [0.15, 0.2) is 24.3 Å². The number of hydrogen-bond acceptors (Lipinski definition) is 4. The van der Waals surface area contributed by atoms with Gasteiger partial charge in [-0.15, -0.1) is 0 Å². The first kappa shape index (κ1) is 16.6. The Kier molecular flexibility index (Phi) is 5.29. The van der Waals surface area contributed by atoms with Crippen molar-refractivity contribution in [2.45, 2.75) is 39.3 Å². The van der Waals surface area contributed by atoms with Gasteiger partial charge in [0.05, 0.1) is 0 Å². The maximum absolute atomic E-state index is 12.2. The highest BCUT2D eigenvalue weighted by atomic mass is 16.6. The van der Waals surface area contributed by atoms with Crippen molar-refractivity contribution < 1.29 is 9.53 Å². The summed E-state index contributed by atoms with van der Waals surface area (Å²) in [6.07, 6.45) is 0.719. The van der Waals surface area contributed by atoms with Crippen molar-refractivity contribution in [3.63, 3.8) is 0 Å². The zero-order valence-electron chi connectivity index (χ0n) is 13.8. The third-order valence-electron chi connectivity index (χ3n) is 3.66. The van der Waals surface area contributed by atoms with Gasteiger partial charge in [0.15, 0.2) is 0 Å². The molecule has 0 atom stereocenters. The van der Waals surface area contributed by atoms with Gasteiger partial charge >= 0.3 is 6.09 Å². The number of ether oxygens (including phenoxy) is 1. The van der Waals surface area contributed by atoms with Crippen LogP contribution in [-0.2, 0) is 11.3 Å². The van der Waals surface area contributed by atoms with Crippen LogP contribution in [0.3, 0.4) is 0 Å². The van der Waals surface area contributed by atoms with E-state index in [-0.39, 0.29) is 6.09 Å². The van der Waals surface area contributed by atoms with Crippen LogP contribution < -0.4 is 10.6 Å². The molecule has 2 N–H and O–H groups in total. The van der Waals surface area contributed by atoms with Crippen molar-refractivity contribution >= 4 is 11.8 Å². The summed E-state index contributed by atoms with van der Waals surface area (Å²) >= 11 is 0. The molecule has 22 heavy (non-hydrogen) atoms. The van der Waals surface area contributed by atoms with Gasteiger partial charge in [-0.05, 0) is 44.9 Å². The lowest BCUT2D eigenvalue weighted by atomic mass is 10.2. The summed E-state index contributed by atoms with van der Waals surface area (Å²) in [4.78, 5) is 16.3. The highest BCUT2D eigenvalue weighted by molar-refractivity contribution is 5.68. The molecule has 1 aliphatic rings. The molecule has 0 unspecified atom stereocenters. The summed E-state index contributed by atoms with van der Waals surface area (Å²) in [5, 5.41) is 0. The molecule has 1 aromatic carbocycles. The van der Waals surface area contributed by atoms with Gasteiger partial charge in [0, 0.05) is 38.4 Å². The molecule has 0 bridgehead atoms. The van der Waals surface area contributed by atoms with Gasteiger partial charge in [-0.3, -0.25) is 0 Å². The molecule has 1 saturated heterocycles. The normalized spacial score (nSPS) is 16.4. The summed E-state index contributed by atoms with van der Waals surface area (Å²) in [7, 11) is 0. The van der Waals surface area contributed by atoms with Gasteiger partial charge in [-0.2, -0.15) is 0 Å². The number of nitrogens with zero attached hydrogens (tertiary/aromatic N) is 2. The van der Waals surface area contributed by atoms with E-state index >= 15 is 0 Å². The summed E-state index contributed by atoms with van der Waals surface area (Å²) in [6.45, 7) is 9.41. The van der Waals surface area contributed by atoms with E-state index < -0.39 is 5.60 Å². The summed E-state index contributed by atoms with van der Waals surface area (Å²) < 4.78 is 5.46. The molecule has 1 aliphatic heterocycles. The summed E-state index contributed by atoms with van der Waals surface area (Å²) in [5.41, 5.74) is 7.57. The van der Waals surface area contributed by atoms with Crippen LogP contribution in [-0.4, -0.2) is 42.8 Å². The van der Waals surface area contributed by atoms with Crippen LogP contribution in [0, 0.1) is 0 Å². The van der Waals surface area contributed by atoms with Crippen molar-refractivity contribution in [1.29, 1.82) is 0 Å². The number of hydrogen-bond donors (Lipinski definition) is 1. The monoisotopic (exact) mass is 305 g/mol. The topological polar surface area (TPSA) is 58.8 Å². The van der Waals surface area contributed by atoms with E-state index in [0.29, 0.717) is 13.1 Å². The van der Waals surface area contributed by atoms with Crippen LogP contribution in [0.1, 0.15) is 32.8 Å². The number of nitrogens with two attached hydrogens (primary N) is 1. The Morgan fingerprint density at radius 1 is 1.23 bits per heavy atom. The van der Waals surface area contributed by atoms with Gasteiger partial charge in [0.2, 0.25) is 0 Å². The Balaban J connectivity index is 1.98. The fraction of sp³-hybridized carbons (Fsp3) is 0.588. The van der Waals surface area contributed by atoms with Crippen molar-refractivity contribution in [1.82, 2.24) is 4.90 Å². The number of anilines is 1. The molecule has 0 spiro atoms. The second-order valence-corrected chi connectivity index (χ2v) is 6.68. The highest BCUT2D eigenvalue weighted by Gasteiger charge is 2.24. The van der Waals surface area contributed by atoms with Crippen LogP contribution >= 0.6 is 0 Å². The first-order chi connectivity index (χ1) is 10.4. The fourth-order valence-electron chi connectivity index (χ4n) is 2.56. The molecule has 5 heteroatoms. The van der Waals surface area contributed by atoms with Crippen molar-refractivity contribution in [2.24, 2.45) is 5.73 Å².